The van der Waals surface area contributed by atoms with Crippen LogP contribution in [0.25, 0.3) is 11.0 Å². The number of H-pyrrole nitrogens is 1. The fraction of sp³-hybridized carbons (Fsp3) is 0.333. The van der Waals surface area contributed by atoms with Gasteiger partial charge in [-0.25, -0.2) is 9.78 Å². The summed E-state index contributed by atoms with van der Waals surface area (Å²) in [6.45, 7) is 5.86. The molecule has 94 valence electrons. The van der Waals surface area contributed by atoms with Gasteiger partial charge in [-0.1, -0.05) is 13.8 Å². The van der Waals surface area contributed by atoms with E-state index >= 15 is 0 Å². The Kier molecular flexibility index (Phi) is 6.98. The fourth-order valence-corrected chi connectivity index (χ4v) is 1.22. The van der Waals surface area contributed by atoms with Gasteiger partial charge in [0.25, 0.3) is 0 Å². The van der Waals surface area contributed by atoms with Crippen LogP contribution in [0.5, 0.6) is 0 Å². The van der Waals surface area contributed by atoms with E-state index in [1.165, 1.54) is 6.38 Å². The van der Waals surface area contributed by atoms with Crippen molar-refractivity contribution in [3.8, 4) is 0 Å². The number of aromatic nitrogens is 2. The fourth-order valence-electron chi connectivity index (χ4n) is 1.22. The predicted octanol–water partition coefficient (Wildman–Crippen LogP) is 3.45. The molecule has 0 unspecified atom stereocenters. The Balaban J connectivity index is 0.000000581. The molecule has 4 nitrogen and oxygen atoms in total. The SMILES string of the molecule is CC.CCl.Cc1ccc2cc(C(=O)O)[nH]c2n1. The largest absolute Gasteiger partial charge is 0.477 e. The van der Waals surface area contributed by atoms with Crippen molar-refractivity contribution >= 4 is 28.6 Å². The second-order valence-electron chi connectivity index (χ2n) is 2.88. The third-order valence-corrected chi connectivity index (χ3v) is 1.85. The maximum Gasteiger partial charge on any atom is 0.352 e. The van der Waals surface area contributed by atoms with Gasteiger partial charge in [-0.3, -0.25) is 0 Å². The summed E-state index contributed by atoms with van der Waals surface area (Å²) in [7, 11) is 0. The molecule has 2 heterocycles. The number of hydrogen-bond donors (Lipinski definition) is 2. The summed E-state index contributed by atoms with van der Waals surface area (Å²) in [5, 5.41) is 9.52. The molecule has 0 amide bonds. The molecule has 0 spiro atoms. The number of carboxylic acid groups (broad SMARTS) is 1. The Morgan fingerprint density at radius 2 is 1.94 bits per heavy atom. The first-order valence-electron chi connectivity index (χ1n) is 5.24. The monoisotopic (exact) mass is 256 g/mol. The number of halogens is 1. The minimum atomic E-state index is -0.962. The van der Waals surface area contributed by atoms with Crippen LogP contribution >= 0.6 is 11.6 Å². The molecule has 17 heavy (non-hydrogen) atoms. The van der Waals surface area contributed by atoms with Crippen molar-refractivity contribution in [3.05, 3.63) is 29.6 Å². The number of aryl methyl sites for hydroxylation is 1. The van der Waals surface area contributed by atoms with Crippen LogP contribution in [0.1, 0.15) is 30.0 Å². The van der Waals surface area contributed by atoms with E-state index in [9.17, 15) is 4.79 Å². The van der Waals surface area contributed by atoms with E-state index < -0.39 is 5.97 Å². The number of nitrogens with zero attached hydrogens (tertiary/aromatic N) is 1. The van der Waals surface area contributed by atoms with E-state index in [2.05, 4.69) is 21.6 Å². The second-order valence-corrected chi connectivity index (χ2v) is 2.88. The van der Waals surface area contributed by atoms with E-state index in [0.29, 0.717) is 5.65 Å². The Morgan fingerprint density at radius 1 is 1.35 bits per heavy atom. The second kappa shape index (κ2) is 7.68. The average Bonchev–Trinajstić information content (AvgIpc) is 2.77. The Labute approximate surface area is 106 Å². The van der Waals surface area contributed by atoms with Crippen molar-refractivity contribution < 1.29 is 9.90 Å². The predicted molar refractivity (Wildman–Crippen MR) is 70.9 cm³/mol. The first kappa shape index (κ1) is 15.4. The summed E-state index contributed by atoms with van der Waals surface area (Å²) in [6, 6.07) is 5.27. The minimum absolute atomic E-state index is 0.174. The quantitative estimate of drug-likeness (QED) is 0.768. The summed E-state index contributed by atoms with van der Waals surface area (Å²) in [6.07, 6.45) is 1.47. The lowest BCUT2D eigenvalue weighted by Crippen LogP contribution is -1.95. The summed E-state index contributed by atoms with van der Waals surface area (Å²) in [5.74, 6) is -0.962. The zero-order valence-corrected chi connectivity index (χ0v) is 11.2. The summed E-state index contributed by atoms with van der Waals surface area (Å²) < 4.78 is 0. The van der Waals surface area contributed by atoms with Gasteiger partial charge < -0.3 is 10.1 Å². The lowest BCUT2D eigenvalue weighted by molar-refractivity contribution is 0.0691. The number of carboxylic acids is 1. The van der Waals surface area contributed by atoms with Crippen LogP contribution in [-0.2, 0) is 0 Å². The van der Waals surface area contributed by atoms with Gasteiger partial charge in [0, 0.05) is 17.5 Å². The van der Waals surface area contributed by atoms with Gasteiger partial charge in [0.15, 0.2) is 0 Å². The molecule has 2 rings (SSSR count). The summed E-state index contributed by atoms with van der Waals surface area (Å²) >= 11 is 4.64. The molecule has 2 aromatic rings. The third kappa shape index (κ3) is 4.07. The van der Waals surface area contributed by atoms with Gasteiger partial charge in [0.2, 0.25) is 0 Å². The number of hydrogen-bond acceptors (Lipinski definition) is 2. The van der Waals surface area contributed by atoms with Gasteiger partial charge in [-0.05, 0) is 25.1 Å². The van der Waals surface area contributed by atoms with Gasteiger partial charge in [0.05, 0.1) is 0 Å². The molecule has 0 bridgehead atoms. The molecule has 2 aromatic heterocycles. The molecule has 0 aliphatic heterocycles. The Hall–Kier alpha value is -1.55. The van der Waals surface area contributed by atoms with E-state index in [-0.39, 0.29) is 5.69 Å². The molecule has 0 saturated carbocycles. The number of rotatable bonds is 1. The number of pyridine rings is 1. The number of carbonyl (C=O) groups is 1. The first-order valence-corrected chi connectivity index (χ1v) is 6.00. The molecular formula is C12H17ClN2O2. The van der Waals surface area contributed by atoms with E-state index in [4.69, 9.17) is 5.11 Å². The number of alkyl halides is 1. The highest BCUT2D eigenvalue weighted by atomic mass is 35.5. The molecule has 0 saturated heterocycles. The zero-order chi connectivity index (χ0) is 13.4. The van der Waals surface area contributed by atoms with Crippen molar-refractivity contribution in [2.45, 2.75) is 20.8 Å². The average molecular weight is 257 g/mol. The maximum absolute atomic E-state index is 10.6. The highest BCUT2D eigenvalue weighted by molar-refractivity contribution is 6.15. The summed E-state index contributed by atoms with van der Waals surface area (Å²) in [5.41, 5.74) is 1.66. The topological polar surface area (TPSA) is 66.0 Å². The normalized spacial score (nSPS) is 8.76. The Bertz CT molecular complexity index is 480. The van der Waals surface area contributed by atoms with Crippen LogP contribution in [0.2, 0.25) is 0 Å². The van der Waals surface area contributed by atoms with Crippen molar-refractivity contribution in [3.63, 3.8) is 0 Å². The zero-order valence-electron chi connectivity index (χ0n) is 10.4. The van der Waals surface area contributed by atoms with E-state index in [0.717, 1.165) is 11.1 Å². The van der Waals surface area contributed by atoms with Crippen LogP contribution in [0.15, 0.2) is 18.2 Å². The molecule has 0 atom stereocenters. The number of aromatic carboxylic acids is 1. The standard InChI is InChI=1S/C9H8N2O2.C2H6.CH3Cl/c1-5-2-3-6-4-7(9(12)13)11-8(6)10-5;2*1-2/h2-4H,1H3,(H,10,11)(H,12,13);1-2H3;1H3. The van der Waals surface area contributed by atoms with E-state index in [1.54, 1.807) is 6.07 Å². The van der Waals surface area contributed by atoms with Crippen molar-refractivity contribution in [1.82, 2.24) is 9.97 Å². The Morgan fingerprint density at radius 3 is 2.47 bits per heavy atom. The molecule has 5 heteroatoms. The van der Waals surface area contributed by atoms with Crippen LogP contribution in [0, 0.1) is 6.92 Å². The number of aromatic amines is 1. The van der Waals surface area contributed by atoms with Crippen LogP contribution in [0.3, 0.4) is 0 Å². The molecule has 0 aliphatic carbocycles. The van der Waals surface area contributed by atoms with Crippen molar-refractivity contribution in [1.29, 1.82) is 0 Å². The number of nitrogens with one attached hydrogen (secondary N) is 1. The van der Waals surface area contributed by atoms with Gasteiger partial charge in [-0.15, -0.1) is 11.6 Å². The molecule has 0 fully saturated rings. The number of fused-ring (bicyclic) bond motifs is 1. The van der Waals surface area contributed by atoms with Gasteiger partial charge in [-0.2, -0.15) is 0 Å². The molecule has 0 aromatic carbocycles. The van der Waals surface area contributed by atoms with Crippen LogP contribution < -0.4 is 0 Å². The smallest absolute Gasteiger partial charge is 0.352 e. The van der Waals surface area contributed by atoms with Crippen molar-refractivity contribution in [2.75, 3.05) is 6.38 Å². The first-order chi connectivity index (χ1) is 8.16. The van der Waals surface area contributed by atoms with Gasteiger partial charge >= 0.3 is 5.97 Å². The highest BCUT2D eigenvalue weighted by Gasteiger charge is 2.07. The van der Waals surface area contributed by atoms with Crippen LogP contribution in [0.4, 0.5) is 0 Å². The maximum atomic E-state index is 10.6. The molecule has 0 aliphatic rings. The molecule has 0 radical (unpaired) electrons. The van der Waals surface area contributed by atoms with Gasteiger partial charge in [0.1, 0.15) is 11.3 Å². The lowest BCUT2D eigenvalue weighted by Gasteiger charge is -1.89. The molecule has 2 N–H and O–H groups in total. The lowest BCUT2D eigenvalue weighted by atomic mass is 10.3. The summed E-state index contributed by atoms with van der Waals surface area (Å²) in [4.78, 5) is 17.5. The van der Waals surface area contributed by atoms with E-state index in [1.807, 2.05) is 32.9 Å². The van der Waals surface area contributed by atoms with Crippen molar-refractivity contribution in [2.24, 2.45) is 0 Å². The molecular weight excluding hydrogens is 240 g/mol. The third-order valence-electron chi connectivity index (χ3n) is 1.85. The minimum Gasteiger partial charge on any atom is -0.477 e. The van der Waals surface area contributed by atoms with Crippen LogP contribution in [-0.4, -0.2) is 27.4 Å². The highest BCUT2D eigenvalue weighted by Crippen LogP contribution is 2.13.